The Hall–Kier alpha value is -1.17. The van der Waals surface area contributed by atoms with Gasteiger partial charge in [0.25, 0.3) is 0 Å². The summed E-state index contributed by atoms with van der Waals surface area (Å²) >= 11 is 3.12. The first-order chi connectivity index (χ1) is 7.95. The number of ketones is 1. The zero-order valence-corrected chi connectivity index (χ0v) is 10.8. The fourth-order valence-corrected chi connectivity index (χ4v) is 1.63. The van der Waals surface area contributed by atoms with Gasteiger partial charge in [0, 0.05) is 5.56 Å². The molecule has 17 heavy (non-hydrogen) atoms. The van der Waals surface area contributed by atoms with Crippen LogP contribution in [-0.4, -0.2) is 19.5 Å². The Morgan fingerprint density at radius 2 is 2.06 bits per heavy atom. The molecule has 0 spiro atoms. The van der Waals surface area contributed by atoms with E-state index in [1.807, 2.05) is 0 Å². The van der Waals surface area contributed by atoms with E-state index in [0.29, 0.717) is 11.3 Å². The van der Waals surface area contributed by atoms with Crippen LogP contribution in [0.2, 0.25) is 0 Å². The van der Waals surface area contributed by atoms with E-state index in [2.05, 4.69) is 20.7 Å². The summed E-state index contributed by atoms with van der Waals surface area (Å²) in [5.74, 6) is 0.211. The van der Waals surface area contributed by atoms with Crippen molar-refractivity contribution in [3.05, 3.63) is 23.8 Å². The van der Waals surface area contributed by atoms with Crippen LogP contribution in [0.4, 0.5) is 8.78 Å². The Kier molecular flexibility index (Phi) is 4.86. The van der Waals surface area contributed by atoms with Gasteiger partial charge in [0.15, 0.2) is 0 Å². The molecule has 0 aliphatic rings. The lowest BCUT2D eigenvalue weighted by Crippen LogP contribution is -2.08. The lowest BCUT2D eigenvalue weighted by Gasteiger charge is -2.14. The van der Waals surface area contributed by atoms with Crippen LogP contribution in [0.15, 0.2) is 18.2 Å². The summed E-state index contributed by atoms with van der Waals surface area (Å²) in [6, 6.07) is 4.32. The van der Waals surface area contributed by atoms with Crippen LogP contribution in [0.5, 0.6) is 11.5 Å². The third-order valence-electron chi connectivity index (χ3n) is 2.06. The highest BCUT2D eigenvalue weighted by Gasteiger charge is 2.20. The van der Waals surface area contributed by atoms with Gasteiger partial charge in [0.2, 0.25) is 0 Å². The second-order valence-corrected chi connectivity index (χ2v) is 4.17. The van der Waals surface area contributed by atoms with Gasteiger partial charge in [-0.1, -0.05) is 15.9 Å². The monoisotopic (exact) mass is 308 g/mol. The van der Waals surface area contributed by atoms with Crippen molar-refractivity contribution in [2.75, 3.05) is 7.11 Å². The molecule has 0 heterocycles. The Labute approximate surface area is 106 Å². The maximum Gasteiger partial charge on any atom is 0.387 e. The predicted molar refractivity (Wildman–Crippen MR) is 62.0 cm³/mol. The van der Waals surface area contributed by atoms with Crippen molar-refractivity contribution in [3.63, 3.8) is 0 Å². The minimum absolute atomic E-state index is 0.0436. The van der Waals surface area contributed by atoms with Gasteiger partial charge in [-0.25, -0.2) is 0 Å². The van der Waals surface area contributed by atoms with E-state index in [1.54, 1.807) is 0 Å². The van der Waals surface area contributed by atoms with Gasteiger partial charge in [0.05, 0.1) is 7.11 Å². The first kappa shape index (κ1) is 13.9. The fraction of sp³-hybridized carbons (Fsp3) is 0.364. The zero-order chi connectivity index (χ0) is 13.0. The van der Waals surface area contributed by atoms with Crippen LogP contribution in [-0.2, 0) is 4.79 Å². The summed E-state index contributed by atoms with van der Waals surface area (Å²) in [7, 11) is 1.45. The highest BCUT2D eigenvalue weighted by Crippen LogP contribution is 2.35. The van der Waals surface area contributed by atoms with Crippen molar-refractivity contribution in [2.45, 2.75) is 18.4 Å². The highest BCUT2D eigenvalue weighted by atomic mass is 79.9. The molecule has 0 fully saturated rings. The first-order valence-electron chi connectivity index (χ1n) is 4.73. The van der Waals surface area contributed by atoms with Gasteiger partial charge in [0.1, 0.15) is 22.1 Å². The first-order valence-corrected chi connectivity index (χ1v) is 5.64. The summed E-state index contributed by atoms with van der Waals surface area (Å²) in [5.41, 5.74) is 0.317. The summed E-state index contributed by atoms with van der Waals surface area (Å²) in [6.07, 6.45) is 0. The van der Waals surface area contributed by atoms with Crippen LogP contribution in [0.1, 0.15) is 17.3 Å². The molecule has 0 saturated carbocycles. The van der Waals surface area contributed by atoms with Gasteiger partial charge in [-0.2, -0.15) is 8.78 Å². The topological polar surface area (TPSA) is 35.5 Å². The van der Waals surface area contributed by atoms with E-state index in [-0.39, 0.29) is 11.5 Å². The number of methoxy groups -OCH3 is 1. The van der Waals surface area contributed by atoms with Crippen molar-refractivity contribution in [2.24, 2.45) is 0 Å². The normalized spacial score (nSPS) is 12.4. The average Bonchev–Trinajstić information content (AvgIpc) is 2.27. The van der Waals surface area contributed by atoms with E-state index >= 15 is 0 Å². The summed E-state index contributed by atoms with van der Waals surface area (Å²) in [5, 5.41) is 0. The van der Waals surface area contributed by atoms with Crippen molar-refractivity contribution >= 4 is 21.7 Å². The molecule has 0 aromatic heterocycles. The second-order valence-electron chi connectivity index (χ2n) is 3.26. The minimum atomic E-state index is -2.94. The maximum atomic E-state index is 12.2. The number of rotatable bonds is 5. The number of hydrogen-bond acceptors (Lipinski definition) is 3. The smallest absolute Gasteiger partial charge is 0.387 e. The molecule has 0 saturated heterocycles. The molecule has 0 bridgehead atoms. The van der Waals surface area contributed by atoms with Crippen molar-refractivity contribution in [1.82, 2.24) is 0 Å². The molecule has 6 heteroatoms. The van der Waals surface area contributed by atoms with E-state index < -0.39 is 11.4 Å². The highest BCUT2D eigenvalue weighted by molar-refractivity contribution is 9.09. The maximum absolute atomic E-state index is 12.2. The molecule has 0 aliphatic carbocycles. The van der Waals surface area contributed by atoms with Crippen molar-refractivity contribution < 1.29 is 23.0 Å². The van der Waals surface area contributed by atoms with Gasteiger partial charge in [-0.3, -0.25) is 4.79 Å². The molecule has 0 radical (unpaired) electrons. The molecule has 1 aromatic rings. The van der Waals surface area contributed by atoms with Gasteiger partial charge in [-0.05, 0) is 25.1 Å². The molecule has 1 unspecified atom stereocenters. The number of halogens is 3. The molecule has 3 nitrogen and oxygen atoms in total. The molecule has 0 aliphatic heterocycles. The molecule has 1 aromatic carbocycles. The molecule has 94 valence electrons. The van der Waals surface area contributed by atoms with Crippen LogP contribution >= 0.6 is 15.9 Å². The van der Waals surface area contributed by atoms with Gasteiger partial charge < -0.3 is 9.47 Å². The molecular weight excluding hydrogens is 298 g/mol. The van der Waals surface area contributed by atoms with Crippen LogP contribution < -0.4 is 9.47 Å². The number of benzene rings is 1. The SMILES string of the molecule is COc1ccc(OC(F)F)c(C(Br)C(C)=O)c1. The lowest BCUT2D eigenvalue weighted by molar-refractivity contribution is -0.116. The summed E-state index contributed by atoms with van der Waals surface area (Å²) < 4.78 is 33.7. The molecule has 0 amide bonds. The molecule has 1 rings (SSSR count). The second kappa shape index (κ2) is 5.95. The molecule has 0 N–H and O–H groups in total. The number of ether oxygens (including phenoxy) is 2. The summed E-state index contributed by atoms with van der Waals surface area (Å²) in [6.45, 7) is -1.58. The number of Topliss-reactive ketones (excluding diaryl/α,β-unsaturated/α-hetero) is 1. The van der Waals surface area contributed by atoms with Crippen molar-refractivity contribution in [3.8, 4) is 11.5 Å². The predicted octanol–water partition coefficient (Wildman–Crippen LogP) is 3.32. The third kappa shape index (κ3) is 3.66. The van der Waals surface area contributed by atoms with Gasteiger partial charge >= 0.3 is 6.61 Å². The zero-order valence-electron chi connectivity index (χ0n) is 9.25. The van der Waals surface area contributed by atoms with E-state index in [0.717, 1.165) is 0 Å². The number of carbonyl (C=O) groups excluding carboxylic acids is 1. The van der Waals surface area contributed by atoms with Crippen LogP contribution in [0.25, 0.3) is 0 Å². The minimum Gasteiger partial charge on any atom is -0.497 e. The number of alkyl halides is 3. The average molecular weight is 309 g/mol. The Morgan fingerprint density at radius 3 is 2.53 bits per heavy atom. The third-order valence-corrected chi connectivity index (χ3v) is 3.20. The van der Waals surface area contributed by atoms with Crippen LogP contribution in [0.3, 0.4) is 0 Å². The standard InChI is InChI=1S/C11H11BrF2O3/c1-6(15)10(12)8-5-7(16-2)3-4-9(8)17-11(13)14/h3-5,10-11H,1-2H3. The summed E-state index contributed by atoms with van der Waals surface area (Å²) in [4.78, 5) is 10.5. The van der Waals surface area contributed by atoms with E-state index in [1.165, 1.54) is 32.2 Å². The Bertz CT molecular complexity index is 410. The lowest BCUT2D eigenvalue weighted by atomic mass is 10.1. The number of carbonyl (C=O) groups is 1. The molecular formula is C11H11BrF2O3. The van der Waals surface area contributed by atoms with Crippen molar-refractivity contribution in [1.29, 1.82) is 0 Å². The largest absolute Gasteiger partial charge is 0.497 e. The Morgan fingerprint density at radius 1 is 1.41 bits per heavy atom. The quantitative estimate of drug-likeness (QED) is 0.783. The fourth-order valence-electron chi connectivity index (χ4n) is 1.27. The molecule has 1 atom stereocenters. The Balaban J connectivity index is 3.15. The van der Waals surface area contributed by atoms with Crippen LogP contribution in [0, 0.1) is 0 Å². The van der Waals surface area contributed by atoms with E-state index in [9.17, 15) is 13.6 Å². The number of hydrogen-bond donors (Lipinski definition) is 0. The van der Waals surface area contributed by atoms with E-state index in [4.69, 9.17) is 4.74 Å². The van der Waals surface area contributed by atoms with Gasteiger partial charge in [-0.15, -0.1) is 0 Å².